The number of hydrogen-bond acceptors (Lipinski definition) is 3. The summed E-state index contributed by atoms with van der Waals surface area (Å²) in [5.41, 5.74) is 2.48. The van der Waals surface area contributed by atoms with Crippen molar-refractivity contribution in [3.63, 3.8) is 0 Å². The van der Waals surface area contributed by atoms with Crippen LogP contribution in [-0.4, -0.2) is 9.97 Å². The van der Waals surface area contributed by atoms with Gasteiger partial charge in [-0.25, -0.2) is 4.98 Å². The molecular weight excluding hydrogens is 312 g/mol. The van der Waals surface area contributed by atoms with Crippen LogP contribution in [0.25, 0.3) is 31.6 Å². The Bertz CT molecular complexity index is 1250. The molecule has 1 aromatic carbocycles. The zero-order valence-corrected chi connectivity index (χ0v) is 14.2. The highest BCUT2D eigenvalue weighted by Gasteiger charge is 2.13. The van der Waals surface area contributed by atoms with Gasteiger partial charge in [-0.3, -0.25) is 4.98 Å². The van der Waals surface area contributed by atoms with E-state index in [1.807, 2.05) is 32.0 Å². The number of pyridine rings is 2. The van der Waals surface area contributed by atoms with E-state index in [4.69, 9.17) is 8.22 Å². The maximum atomic E-state index is 7.94. The highest BCUT2D eigenvalue weighted by atomic mass is 32.1. The van der Waals surface area contributed by atoms with E-state index in [2.05, 4.69) is 9.97 Å². The van der Waals surface area contributed by atoms with Gasteiger partial charge in [0.2, 0.25) is 0 Å². The van der Waals surface area contributed by atoms with Crippen LogP contribution in [0.15, 0.2) is 42.6 Å². The number of fused-ring (bicyclic) bond motifs is 3. The molecule has 3 heterocycles. The van der Waals surface area contributed by atoms with E-state index in [0.717, 1.165) is 21.0 Å². The molecule has 0 unspecified atom stereocenters. The normalized spacial score (nSPS) is 16.5. The summed E-state index contributed by atoms with van der Waals surface area (Å²) in [7, 11) is 0. The van der Waals surface area contributed by atoms with Crippen LogP contribution >= 0.6 is 11.3 Å². The lowest BCUT2D eigenvalue weighted by Crippen LogP contribution is -1.95. The summed E-state index contributed by atoms with van der Waals surface area (Å²) >= 11 is 1.40. The summed E-state index contributed by atoms with van der Waals surface area (Å²) in [6.45, 7) is -0.600. The van der Waals surface area contributed by atoms with Crippen molar-refractivity contribution >= 4 is 31.6 Å². The summed E-state index contributed by atoms with van der Waals surface area (Å²) in [6.07, 6.45) is 1.65. The van der Waals surface area contributed by atoms with Gasteiger partial charge in [-0.2, -0.15) is 0 Å². The molecule has 4 rings (SSSR count). The van der Waals surface area contributed by atoms with E-state index in [0.29, 0.717) is 21.7 Å². The zero-order chi connectivity index (χ0) is 21.8. The molecule has 0 bridgehead atoms. The second-order valence-electron chi connectivity index (χ2n) is 6.15. The fourth-order valence-corrected chi connectivity index (χ4v) is 4.15. The average molecular weight is 339 g/mol. The van der Waals surface area contributed by atoms with E-state index in [-0.39, 0.29) is 11.6 Å². The maximum Gasteiger partial charge on any atom is 0.124 e. The second kappa shape index (κ2) is 5.67. The Morgan fingerprint density at radius 3 is 2.79 bits per heavy atom. The Morgan fingerprint density at radius 2 is 2.00 bits per heavy atom. The lowest BCUT2D eigenvalue weighted by molar-refractivity contribution is 0.848. The first-order valence-corrected chi connectivity index (χ1v) is 8.62. The molecule has 2 nitrogen and oxygen atoms in total. The third-order valence-electron chi connectivity index (χ3n) is 4.20. The van der Waals surface area contributed by atoms with Gasteiger partial charge in [-0.1, -0.05) is 32.0 Å². The van der Waals surface area contributed by atoms with Crippen molar-refractivity contribution in [1.82, 2.24) is 9.97 Å². The molecule has 0 radical (unpaired) electrons. The van der Waals surface area contributed by atoms with Crippen molar-refractivity contribution in [3.05, 3.63) is 59.4 Å². The fraction of sp³-hybridized carbons (Fsp3) is 0.238. The van der Waals surface area contributed by atoms with E-state index in [1.54, 1.807) is 18.3 Å². The van der Waals surface area contributed by atoms with Crippen molar-refractivity contribution in [2.45, 2.75) is 33.5 Å². The van der Waals surface area contributed by atoms with Gasteiger partial charge in [0.05, 0.1) is 5.69 Å². The first-order valence-electron chi connectivity index (χ1n) is 10.8. The van der Waals surface area contributed by atoms with Gasteiger partial charge in [0.15, 0.2) is 0 Å². The van der Waals surface area contributed by atoms with Gasteiger partial charge in [0.1, 0.15) is 4.83 Å². The molecule has 0 fully saturated rings. The third kappa shape index (κ3) is 2.40. The smallest absolute Gasteiger partial charge is 0.124 e. The number of aryl methyl sites for hydroxylation is 2. The van der Waals surface area contributed by atoms with Crippen LogP contribution in [0.1, 0.15) is 44.8 Å². The first kappa shape index (κ1) is 9.90. The molecule has 0 aliphatic carbocycles. The number of nitrogens with zero attached hydrogens (tertiary/aromatic N) is 2. The zero-order valence-electron chi connectivity index (χ0n) is 19.4. The highest BCUT2D eigenvalue weighted by Crippen LogP contribution is 2.39. The predicted octanol–water partition coefficient (Wildman–Crippen LogP) is 6.25. The van der Waals surface area contributed by atoms with E-state index >= 15 is 0 Å². The molecule has 24 heavy (non-hydrogen) atoms. The Balaban J connectivity index is 1.95. The Morgan fingerprint density at radius 1 is 1.08 bits per heavy atom. The molecule has 0 spiro atoms. The number of thiophene rings is 1. The lowest BCUT2D eigenvalue weighted by Gasteiger charge is -2.11. The minimum Gasteiger partial charge on any atom is -0.256 e. The van der Waals surface area contributed by atoms with Crippen LogP contribution in [0.3, 0.4) is 0 Å². The predicted molar refractivity (Wildman–Crippen MR) is 104 cm³/mol. The summed E-state index contributed by atoms with van der Waals surface area (Å²) in [6, 6.07) is 10.7. The van der Waals surface area contributed by atoms with Crippen LogP contribution in [-0.2, 0) is 0 Å². The molecule has 3 aromatic heterocycles. The van der Waals surface area contributed by atoms with Gasteiger partial charge in [-0.15, -0.1) is 11.3 Å². The van der Waals surface area contributed by atoms with Crippen molar-refractivity contribution in [3.8, 4) is 11.3 Å². The SMILES string of the molecule is [2H]C([2H])([2H])c1ccc2c(n1)sc1c(-c3cc(C([2H])([2H])[2H])c(C(C)C)cn3)cccc12. The Kier molecular flexibility index (Phi) is 2.34. The first-order chi connectivity index (χ1) is 14.0. The number of hydrogen-bond donors (Lipinski definition) is 0. The maximum absolute atomic E-state index is 7.94. The molecule has 0 atom stereocenters. The van der Waals surface area contributed by atoms with Crippen molar-refractivity contribution in [1.29, 1.82) is 0 Å². The minimum absolute atomic E-state index is 0.0459. The molecule has 0 N–H and O–H groups in total. The fourth-order valence-electron chi connectivity index (χ4n) is 2.95. The molecular formula is C21H20N2S. The lowest BCUT2D eigenvalue weighted by atomic mass is 9.98. The Hall–Kier alpha value is -2.26. The van der Waals surface area contributed by atoms with Gasteiger partial charge in [-0.05, 0) is 48.9 Å². The van der Waals surface area contributed by atoms with Crippen LogP contribution in [0.4, 0.5) is 0 Å². The van der Waals surface area contributed by atoms with Gasteiger partial charge < -0.3 is 0 Å². The summed E-state index contributed by atoms with van der Waals surface area (Å²) in [5.74, 6) is 0.0459. The molecule has 0 amide bonds. The van der Waals surface area contributed by atoms with Gasteiger partial charge >= 0.3 is 0 Å². The molecule has 0 aliphatic heterocycles. The number of aromatic nitrogens is 2. The average Bonchev–Trinajstić information content (AvgIpc) is 3.04. The van der Waals surface area contributed by atoms with E-state index < -0.39 is 13.7 Å². The molecule has 3 heteroatoms. The molecule has 4 aromatic rings. The van der Waals surface area contributed by atoms with Crippen molar-refractivity contribution in [2.24, 2.45) is 0 Å². The van der Waals surface area contributed by atoms with Crippen molar-refractivity contribution < 1.29 is 8.22 Å². The Labute approximate surface area is 154 Å². The van der Waals surface area contributed by atoms with Crippen LogP contribution in [0, 0.1) is 13.7 Å². The molecule has 0 saturated carbocycles. The minimum atomic E-state index is -2.27. The van der Waals surface area contributed by atoms with Crippen LogP contribution in [0.2, 0.25) is 0 Å². The molecule has 0 aliphatic rings. The molecule has 0 saturated heterocycles. The highest BCUT2D eigenvalue weighted by molar-refractivity contribution is 7.26. The third-order valence-corrected chi connectivity index (χ3v) is 5.35. The summed E-state index contributed by atoms with van der Waals surface area (Å²) < 4.78 is 47.6. The number of benzene rings is 1. The van der Waals surface area contributed by atoms with E-state index in [9.17, 15) is 0 Å². The summed E-state index contributed by atoms with van der Waals surface area (Å²) in [5, 5.41) is 1.82. The van der Waals surface area contributed by atoms with E-state index in [1.165, 1.54) is 17.4 Å². The standard InChI is InChI=1S/C21H20N2S/c1-12(2)18-11-22-19(10-13(18)3)17-7-5-6-15-16-9-8-14(4)23-21(16)24-20(15)17/h5-12H,1-4H3/i3D3,4D3. The largest absolute Gasteiger partial charge is 0.256 e. The van der Waals surface area contributed by atoms with Crippen molar-refractivity contribution in [2.75, 3.05) is 0 Å². The molecule has 120 valence electrons. The monoisotopic (exact) mass is 338 g/mol. The van der Waals surface area contributed by atoms with Gasteiger partial charge in [0.25, 0.3) is 0 Å². The second-order valence-corrected chi connectivity index (χ2v) is 7.14. The number of rotatable bonds is 2. The quantitative estimate of drug-likeness (QED) is 0.431. The van der Waals surface area contributed by atoms with Crippen LogP contribution in [0.5, 0.6) is 0 Å². The summed E-state index contributed by atoms with van der Waals surface area (Å²) in [4.78, 5) is 9.57. The van der Waals surface area contributed by atoms with Crippen LogP contribution < -0.4 is 0 Å². The van der Waals surface area contributed by atoms with Gasteiger partial charge in [0, 0.05) is 41.2 Å². The topological polar surface area (TPSA) is 25.8 Å².